The molecule has 0 aliphatic carbocycles. The minimum Gasteiger partial charge on any atom is -0.323 e. The van der Waals surface area contributed by atoms with Crippen LogP contribution in [0.1, 0.15) is 29.7 Å². The molecular formula is C17H20FNS. The fourth-order valence-corrected chi connectivity index (χ4v) is 3.28. The summed E-state index contributed by atoms with van der Waals surface area (Å²) in [6.07, 6.45) is 0. The second kappa shape index (κ2) is 6.42. The van der Waals surface area contributed by atoms with E-state index in [9.17, 15) is 4.39 Å². The van der Waals surface area contributed by atoms with Crippen LogP contribution in [0.15, 0.2) is 47.4 Å². The predicted octanol–water partition coefficient (Wildman–Crippen LogP) is 4.62. The molecule has 2 rings (SSSR count). The van der Waals surface area contributed by atoms with Gasteiger partial charge in [-0.05, 0) is 43.2 Å². The Bertz CT molecular complexity index is 580. The van der Waals surface area contributed by atoms with Gasteiger partial charge in [-0.2, -0.15) is 0 Å². The van der Waals surface area contributed by atoms with E-state index in [2.05, 4.69) is 39.0 Å². The molecule has 2 aromatic rings. The summed E-state index contributed by atoms with van der Waals surface area (Å²) in [5.41, 5.74) is 9.76. The molecule has 0 amide bonds. The van der Waals surface area contributed by atoms with Crippen LogP contribution in [0.25, 0.3) is 0 Å². The zero-order valence-corrected chi connectivity index (χ0v) is 12.9. The Morgan fingerprint density at radius 1 is 1.05 bits per heavy atom. The van der Waals surface area contributed by atoms with Gasteiger partial charge >= 0.3 is 0 Å². The molecule has 0 heterocycles. The highest BCUT2D eigenvalue weighted by atomic mass is 32.2. The van der Waals surface area contributed by atoms with Gasteiger partial charge in [0.2, 0.25) is 0 Å². The van der Waals surface area contributed by atoms with Gasteiger partial charge in [0, 0.05) is 16.2 Å². The molecule has 0 aliphatic heterocycles. The molecule has 0 bridgehead atoms. The zero-order valence-electron chi connectivity index (χ0n) is 12.1. The molecule has 0 saturated carbocycles. The maximum Gasteiger partial charge on any atom is 0.123 e. The number of halogens is 1. The average molecular weight is 289 g/mol. The zero-order chi connectivity index (χ0) is 14.7. The summed E-state index contributed by atoms with van der Waals surface area (Å²) in [4.78, 5) is 1.26. The summed E-state index contributed by atoms with van der Waals surface area (Å²) in [6, 6.07) is 12.8. The Morgan fingerprint density at radius 3 is 2.35 bits per heavy atom. The fourth-order valence-electron chi connectivity index (χ4n) is 2.06. The van der Waals surface area contributed by atoms with Crippen LogP contribution in [-0.4, -0.2) is 5.25 Å². The van der Waals surface area contributed by atoms with Crippen molar-refractivity contribution in [1.29, 1.82) is 0 Å². The molecule has 2 aromatic carbocycles. The van der Waals surface area contributed by atoms with Gasteiger partial charge in [0.15, 0.2) is 0 Å². The second-order valence-electron chi connectivity index (χ2n) is 5.17. The fraction of sp³-hybridized carbons (Fsp3) is 0.294. The largest absolute Gasteiger partial charge is 0.323 e. The van der Waals surface area contributed by atoms with Gasteiger partial charge in [-0.25, -0.2) is 4.39 Å². The number of aryl methyl sites for hydroxylation is 2. The normalized spacial score (nSPS) is 14.1. The van der Waals surface area contributed by atoms with Crippen LogP contribution < -0.4 is 5.73 Å². The summed E-state index contributed by atoms with van der Waals surface area (Å²) in [5.74, 6) is -0.226. The van der Waals surface area contributed by atoms with E-state index in [1.807, 2.05) is 0 Å². The first kappa shape index (κ1) is 15.1. The van der Waals surface area contributed by atoms with Gasteiger partial charge in [0.1, 0.15) is 5.82 Å². The van der Waals surface area contributed by atoms with Crippen molar-refractivity contribution >= 4 is 11.8 Å². The van der Waals surface area contributed by atoms with Gasteiger partial charge in [0.05, 0.1) is 0 Å². The van der Waals surface area contributed by atoms with Crippen molar-refractivity contribution in [1.82, 2.24) is 0 Å². The molecule has 0 aromatic heterocycles. The van der Waals surface area contributed by atoms with Crippen molar-refractivity contribution in [3.8, 4) is 0 Å². The quantitative estimate of drug-likeness (QED) is 0.831. The smallest absolute Gasteiger partial charge is 0.123 e. The maximum atomic E-state index is 12.9. The molecule has 3 heteroatoms. The first-order valence-corrected chi connectivity index (χ1v) is 7.60. The third kappa shape index (κ3) is 3.62. The Hall–Kier alpha value is -1.32. The molecule has 2 unspecified atom stereocenters. The van der Waals surface area contributed by atoms with Gasteiger partial charge in [0.25, 0.3) is 0 Å². The van der Waals surface area contributed by atoms with Gasteiger partial charge in [-0.3, -0.25) is 0 Å². The predicted molar refractivity (Wildman–Crippen MR) is 84.6 cm³/mol. The molecular weight excluding hydrogens is 269 g/mol. The van der Waals surface area contributed by atoms with E-state index in [-0.39, 0.29) is 17.1 Å². The lowest BCUT2D eigenvalue weighted by molar-refractivity contribution is 0.624. The van der Waals surface area contributed by atoms with Gasteiger partial charge < -0.3 is 5.73 Å². The molecule has 0 radical (unpaired) electrons. The number of rotatable bonds is 4. The van der Waals surface area contributed by atoms with Crippen molar-refractivity contribution in [2.75, 3.05) is 0 Å². The van der Waals surface area contributed by atoms with Crippen molar-refractivity contribution in [3.63, 3.8) is 0 Å². The van der Waals surface area contributed by atoms with Gasteiger partial charge in [-0.1, -0.05) is 36.8 Å². The number of thioether (sulfide) groups is 1. The van der Waals surface area contributed by atoms with Gasteiger partial charge in [-0.15, -0.1) is 11.8 Å². The van der Waals surface area contributed by atoms with Crippen LogP contribution in [0, 0.1) is 19.7 Å². The number of hydrogen-bond acceptors (Lipinski definition) is 2. The highest BCUT2D eigenvalue weighted by molar-refractivity contribution is 8.00. The molecule has 2 N–H and O–H groups in total. The van der Waals surface area contributed by atoms with E-state index in [0.29, 0.717) is 0 Å². The van der Waals surface area contributed by atoms with Crippen molar-refractivity contribution in [3.05, 3.63) is 65.0 Å². The third-order valence-electron chi connectivity index (χ3n) is 3.42. The Labute approximate surface area is 124 Å². The average Bonchev–Trinajstić information content (AvgIpc) is 2.43. The first-order valence-electron chi connectivity index (χ1n) is 6.72. The van der Waals surface area contributed by atoms with Crippen molar-refractivity contribution in [2.45, 2.75) is 37.0 Å². The Balaban J connectivity index is 2.13. The topological polar surface area (TPSA) is 26.0 Å². The standard InChI is InChI=1S/C17H20FNS/c1-11-4-5-12(2)16(10-11)20-13(3)17(19)14-6-8-15(18)9-7-14/h4-10,13,17H,19H2,1-3H3. The van der Waals surface area contributed by atoms with E-state index >= 15 is 0 Å². The van der Waals surface area contributed by atoms with E-state index < -0.39 is 0 Å². The number of hydrogen-bond donors (Lipinski definition) is 1. The lowest BCUT2D eigenvalue weighted by atomic mass is 10.1. The van der Waals surface area contributed by atoms with E-state index in [1.165, 1.54) is 28.2 Å². The molecule has 0 saturated heterocycles. The molecule has 0 fully saturated rings. The molecule has 20 heavy (non-hydrogen) atoms. The lowest BCUT2D eigenvalue weighted by Gasteiger charge is -2.21. The second-order valence-corrected chi connectivity index (χ2v) is 6.59. The third-order valence-corrected chi connectivity index (χ3v) is 4.78. The van der Waals surface area contributed by atoms with Crippen LogP contribution in [0.2, 0.25) is 0 Å². The highest BCUT2D eigenvalue weighted by Gasteiger charge is 2.17. The molecule has 2 atom stereocenters. The monoisotopic (exact) mass is 289 g/mol. The van der Waals surface area contributed by atoms with E-state index in [0.717, 1.165) is 5.56 Å². The summed E-state index contributed by atoms with van der Waals surface area (Å²) in [7, 11) is 0. The SMILES string of the molecule is Cc1ccc(C)c(SC(C)C(N)c2ccc(F)cc2)c1. The highest BCUT2D eigenvalue weighted by Crippen LogP contribution is 2.33. The minimum absolute atomic E-state index is 0.111. The lowest BCUT2D eigenvalue weighted by Crippen LogP contribution is -2.21. The Kier molecular flexibility index (Phi) is 4.84. The molecule has 106 valence electrons. The summed E-state index contributed by atoms with van der Waals surface area (Å²) >= 11 is 1.77. The molecule has 1 nitrogen and oxygen atoms in total. The Morgan fingerprint density at radius 2 is 1.70 bits per heavy atom. The van der Waals surface area contributed by atoms with Crippen LogP contribution in [0.4, 0.5) is 4.39 Å². The molecule has 0 aliphatic rings. The number of nitrogens with two attached hydrogens (primary N) is 1. The van der Waals surface area contributed by atoms with Crippen LogP contribution in [0.5, 0.6) is 0 Å². The summed E-state index contributed by atoms with van der Waals surface area (Å²) in [6.45, 7) is 6.31. The van der Waals surface area contributed by atoms with E-state index in [4.69, 9.17) is 5.73 Å². The van der Waals surface area contributed by atoms with E-state index in [1.54, 1.807) is 23.9 Å². The summed E-state index contributed by atoms with van der Waals surface area (Å²) < 4.78 is 12.9. The maximum absolute atomic E-state index is 12.9. The number of benzene rings is 2. The summed E-state index contributed by atoms with van der Waals surface area (Å²) in [5, 5.41) is 0.223. The van der Waals surface area contributed by atoms with Crippen LogP contribution >= 0.6 is 11.8 Å². The molecule has 0 spiro atoms. The van der Waals surface area contributed by atoms with Crippen molar-refractivity contribution < 1.29 is 4.39 Å². The first-order chi connectivity index (χ1) is 9.47. The van der Waals surface area contributed by atoms with Crippen molar-refractivity contribution in [2.24, 2.45) is 5.73 Å². The van der Waals surface area contributed by atoms with Crippen LogP contribution in [-0.2, 0) is 0 Å². The minimum atomic E-state index is -0.226. The van der Waals surface area contributed by atoms with Crippen LogP contribution in [0.3, 0.4) is 0 Å².